The minimum atomic E-state index is -1.10. The molecule has 1 aliphatic rings. The molecule has 0 unspecified atom stereocenters. The number of carbonyl (C=O) groups excluding carboxylic acids is 4. The first-order valence-electron chi connectivity index (χ1n) is 10.3. The highest BCUT2D eigenvalue weighted by atomic mass is 32.1. The lowest BCUT2D eigenvalue weighted by molar-refractivity contribution is -0.149. The lowest BCUT2D eigenvalue weighted by Crippen LogP contribution is -2.43. The second kappa shape index (κ2) is 9.44. The van der Waals surface area contributed by atoms with E-state index in [0.29, 0.717) is 22.3 Å². The molecule has 4 rings (SSSR count). The van der Waals surface area contributed by atoms with Gasteiger partial charge in [-0.2, -0.15) is 0 Å². The van der Waals surface area contributed by atoms with Crippen LogP contribution in [0.1, 0.15) is 40.3 Å². The van der Waals surface area contributed by atoms with Crippen molar-refractivity contribution in [3.8, 4) is 5.75 Å². The second-order valence-corrected chi connectivity index (χ2v) is 8.29. The minimum absolute atomic E-state index is 0.180. The third-order valence-corrected chi connectivity index (χ3v) is 6.16. The van der Waals surface area contributed by atoms with Crippen LogP contribution in [0.3, 0.4) is 0 Å². The van der Waals surface area contributed by atoms with E-state index < -0.39 is 23.8 Å². The number of rotatable bonds is 7. The van der Waals surface area contributed by atoms with Crippen molar-refractivity contribution >= 4 is 45.8 Å². The zero-order valence-corrected chi connectivity index (χ0v) is 19.5. The highest BCUT2D eigenvalue weighted by Gasteiger charge is 2.41. The maximum absolute atomic E-state index is 12.6. The van der Waals surface area contributed by atoms with Gasteiger partial charge in [-0.1, -0.05) is 24.3 Å². The molecule has 0 bridgehead atoms. The number of amides is 3. The summed E-state index contributed by atoms with van der Waals surface area (Å²) in [5.74, 6) is -1.56. The molecule has 1 aromatic heterocycles. The number of thiazole rings is 1. The summed E-state index contributed by atoms with van der Waals surface area (Å²) in [6, 6.07) is 12.4. The third-order valence-electron chi connectivity index (χ3n) is 5.29. The van der Waals surface area contributed by atoms with E-state index in [4.69, 9.17) is 9.47 Å². The van der Waals surface area contributed by atoms with Crippen molar-refractivity contribution in [2.75, 3.05) is 12.0 Å². The van der Waals surface area contributed by atoms with Gasteiger partial charge < -0.3 is 9.47 Å². The summed E-state index contributed by atoms with van der Waals surface area (Å²) in [6.07, 6.45) is 0. The Morgan fingerprint density at radius 3 is 2.29 bits per heavy atom. The van der Waals surface area contributed by atoms with Crippen molar-refractivity contribution in [3.63, 3.8) is 0 Å². The van der Waals surface area contributed by atoms with E-state index in [2.05, 4.69) is 4.98 Å². The largest absolute Gasteiger partial charge is 0.495 e. The summed E-state index contributed by atoms with van der Waals surface area (Å²) in [7, 11) is 1.51. The Morgan fingerprint density at radius 2 is 1.68 bits per heavy atom. The van der Waals surface area contributed by atoms with E-state index in [0.717, 1.165) is 4.90 Å². The zero-order chi connectivity index (χ0) is 24.4. The quantitative estimate of drug-likeness (QED) is 0.377. The van der Waals surface area contributed by atoms with E-state index in [9.17, 15) is 19.2 Å². The van der Waals surface area contributed by atoms with Crippen LogP contribution < -0.4 is 9.64 Å². The van der Waals surface area contributed by atoms with Crippen molar-refractivity contribution in [3.05, 3.63) is 70.7 Å². The Balaban J connectivity index is 1.45. The maximum atomic E-state index is 12.6. The molecule has 2 aromatic carbocycles. The Kier molecular flexibility index (Phi) is 6.42. The number of nitrogens with zero attached hydrogens (tertiary/aromatic N) is 3. The normalized spacial score (nSPS) is 13.4. The van der Waals surface area contributed by atoms with Crippen molar-refractivity contribution in [1.82, 2.24) is 9.88 Å². The predicted molar refractivity (Wildman–Crippen MR) is 124 cm³/mol. The molecule has 0 saturated carbocycles. The molecule has 1 atom stereocenters. The van der Waals surface area contributed by atoms with E-state index in [1.807, 2.05) is 0 Å². The lowest BCUT2D eigenvalue weighted by Gasteiger charge is -2.21. The van der Waals surface area contributed by atoms with Crippen LogP contribution in [-0.2, 0) is 20.9 Å². The van der Waals surface area contributed by atoms with Crippen LogP contribution in [-0.4, -0.2) is 46.7 Å². The first-order valence-corrected chi connectivity index (χ1v) is 11.2. The molecule has 3 aromatic rings. The monoisotopic (exact) mass is 479 g/mol. The van der Waals surface area contributed by atoms with Crippen LogP contribution in [0.5, 0.6) is 5.75 Å². The van der Waals surface area contributed by atoms with Gasteiger partial charge in [0.15, 0.2) is 5.13 Å². The van der Waals surface area contributed by atoms with Crippen molar-refractivity contribution in [1.29, 1.82) is 0 Å². The molecule has 0 fully saturated rings. The number of ether oxygens (including phenoxy) is 2. The van der Waals surface area contributed by atoms with Crippen molar-refractivity contribution in [2.24, 2.45) is 0 Å². The topological polar surface area (TPSA) is 106 Å². The van der Waals surface area contributed by atoms with Gasteiger partial charge in [-0.25, -0.2) is 9.78 Å². The maximum Gasteiger partial charge on any atom is 0.329 e. The fourth-order valence-corrected chi connectivity index (χ4v) is 4.48. The molecule has 0 N–H and O–H groups in total. The van der Waals surface area contributed by atoms with Crippen molar-refractivity contribution < 1.29 is 28.7 Å². The van der Waals surface area contributed by atoms with Crippen LogP contribution >= 0.6 is 11.3 Å². The molecule has 10 heteroatoms. The summed E-state index contributed by atoms with van der Waals surface area (Å²) < 4.78 is 10.7. The SMILES string of the molecule is COc1ccccc1N(C(C)=O)c1nc(COC(=O)[C@H](C)N2C(=O)c3ccccc3C2=O)cs1. The van der Waals surface area contributed by atoms with Crippen LogP contribution in [0.25, 0.3) is 0 Å². The summed E-state index contributed by atoms with van der Waals surface area (Å²) >= 11 is 1.21. The summed E-state index contributed by atoms with van der Waals surface area (Å²) in [6.45, 7) is 2.67. The van der Waals surface area contributed by atoms with Gasteiger partial charge in [-0.3, -0.25) is 24.2 Å². The van der Waals surface area contributed by atoms with Gasteiger partial charge in [0.25, 0.3) is 11.8 Å². The van der Waals surface area contributed by atoms with E-state index in [1.54, 1.807) is 53.9 Å². The lowest BCUT2D eigenvalue weighted by atomic mass is 10.1. The second-order valence-electron chi connectivity index (χ2n) is 7.46. The molecular weight excluding hydrogens is 458 g/mol. The summed E-state index contributed by atoms with van der Waals surface area (Å²) in [5.41, 5.74) is 1.48. The predicted octanol–water partition coefficient (Wildman–Crippen LogP) is 3.56. The first kappa shape index (κ1) is 23.1. The fraction of sp³-hybridized carbons (Fsp3) is 0.208. The minimum Gasteiger partial charge on any atom is -0.495 e. The number of imide groups is 1. The standard InChI is InChI=1S/C24H21N3O6S/c1-14(26-21(29)17-8-4-5-9-18(17)22(26)30)23(31)33-12-16-13-34-24(25-16)27(15(2)28)19-10-6-7-11-20(19)32-3/h4-11,13-14H,12H2,1-3H3/t14-/m0/s1. The highest BCUT2D eigenvalue weighted by Crippen LogP contribution is 2.35. The number of para-hydroxylation sites is 2. The molecule has 0 saturated heterocycles. The molecule has 0 aliphatic carbocycles. The Morgan fingerprint density at radius 1 is 1.06 bits per heavy atom. The first-order chi connectivity index (χ1) is 16.3. The van der Waals surface area contributed by atoms with Gasteiger partial charge in [0.1, 0.15) is 18.4 Å². The zero-order valence-electron chi connectivity index (χ0n) is 18.7. The number of benzene rings is 2. The molecule has 3 amide bonds. The molecule has 9 nitrogen and oxygen atoms in total. The number of esters is 1. The number of hydrogen-bond acceptors (Lipinski definition) is 8. The number of fused-ring (bicyclic) bond motifs is 1. The number of hydrogen-bond donors (Lipinski definition) is 0. The van der Waals surface area contributed by atoms with E-state index in [-0.39, 0.29) is 23.6 Å². The molecule has 1 aliphatic heterocycles. The summed E-state index contributed by atoms with van der Waals surface area (Å²) in [4.78, 5) is 56.9. The number of anilines is 2. The van der Waals surface area contributed by atoms with Gasteiger partial charge in [-0.15, -0.1) is 11.3 Å². The summed E-state index contributed by atoms with van der Waals surface area (Å²) in [5, 5.41) is 2.05. The average Bonchev–Trinajstić information content (AvgIpc) is 3.40. The molecule has 2 heterocycles. The molecule has 0 spiro atoms. The third kappa shape index (κ3) is 4.15. The van der Waals surface area contributed by atoms with Gasteiger partial charge in [-0.05, 0) is 31.2 Å². The number of carbonyl (C=O) groups is 4. The molecule has 174 valence electrons. The molecule has 0 radical (unpaired) electrons. The van der Waals surface area contributed by atoms with Crippen LogP contribution in [0, 0.1) is 0 Å². The van der Waals surface area contributed by atoms with E-state index >= 15 is 0 Å². The van der Waals surface area contributed by atoms with Crippen LogP contribution in [0.4, 0.5) is 10.8 Å². The van der Waals surface area contributed by atoms with Gasteiger partial charge >= 0.3 is 5.97 Å². The number of methoxy groups -OCH3 is 1. The van der Waals surface area contributed by atoms with Gasteiger partial charge in [0.05, 0.1) is 29.6 Å². The molecular formula is C24H21N3O6S. The van der Waals surface area contributed by atoms with Crippen LogP contribution in [0.15, 0.2) is 53.9 Å². The number of aromatic nitrogens is 1. The van der Waals surface area contributed by atoms with Gasteiger partial charge in [0.2, 0.25) is 5.91 Å². The molecule has 34 heavy (non-hydrogen) atoms. The average molecular weight is 480 g/mol. The Labute approximate surface area is 199 Å². The van der Waals surface area contributed by atoms with Gasteiger partial charge in [0, 0.05) is 12.3 Å². The fourth-order valence-electron chi connectivity index (χ4n) is 3.62. The highest BCUT2D eigenvalue weighted by molar-refractivity contribution is 7.14. The smallest absolute Gasteiger partial charge is 0.329 e. The Hall–Kier alpha value is -4.05. The Bertz CT molecular complexity index is 1250. The van der Waals surface area contributed by atoms with E-state index in [1.165, 1.54) is 37.2 Å². The van der Waals surface area contributed by atoms with Crippen molar-refractivity contribution in [2.45, 2.75) is 26.5 Å². The van der Waals surface area contributed by atoms with Crippen LogP contribution in [0.2, 0.25) is 0 Å².